The van der Waals surface area contributed by atoms with Crippen LogP contribution in [0.25, 0.3) is 0 Å². The van der Waals surface area contributed by atoms with Gasteiger partial charge >= 0.3 is 0 Å². The molecule has 1 aromatic rings. The van der Waals surface area contributed by atoms with Crippen LogP contribution < -0.4 is 5.32 Å². The minimum Gasteiger partial charge on any atom is -0.367 e. The zero-order valence-electron chi connectivity index (χ0n) is 9.24. The Morgan fingerprint density at radius 1 is 1.69 bits per heavy atom. The molecule has 1 unspecified atom stereocenters. The Bertz CT molecular complexity index is 384. The molecule has 0 fully saturated rings. The van der Waals surface area contributed by atoms with Crippen LogP contribution in [-0.4, -0.2) is 15.9 Å². The SMILES string of the molecule is CCCC(C)Nc1ncc([N+](=O)[O-])cc1Br. The average Bonchev–Trinajstić information content (AvgIpc) is 2.21. The van der Waals surface area contributed by atoms with Gasteiger partial charge in [0.1, 0.15) is 12.0 Å². The molecule has 1 aromatic heterocycles. The summed E-state index contributed by atoms with van der Waals surface area (Å²) in [6.45, 7) is 4.16. The van der Waals surface area contributed by atoms with Crippen molar-refractivity contribution in [3.8, 4) is 0 Å². The van der Waals surface area contributed by atoms with Crippen LogP contribution in [0.5, 0.6) is 0 Å². The topological polar surface area (TPSA) is 68.1 Å². The van der Waals surface area contributed by atoms with E-state index in [4.69, 9.17) is 0 Å². The van der Waals surface area contributed by atoms with Gasteiger partial charge in [-0.3, -0.25) is 10.1 Å². The fraction of sp³-hybridized carbons (Fsp3) is 0.500. The number of nitrogens with zero attached hydrogens (tertiary/aromatic N) is 2. The number of nitro groups is 1. The molecule has 6 heteroatoms. The van der Waals surface area contributed by atoms with E-state index in [2.05, 4.69) is 40.1 Å². The van der Waals surface area contributed by atoms with E-state index >= 15 is 0 Å². The molecule has 0 spiro atoms. The van der Waals surface area contributed by atoms with E-state index in [1.807, 2.05) is 0 Å². The summed E-state index contributed by atoms with van der Waals surface area (Å²) in [6.07, 6.45) is 3.37. The molecule has 0 aliphatic rings. The number of pyridine rings is 1. The lowest BCUT2D eigenvalue weighted by molar-refractivity contribution is -0.385. The summed E-state index contributed by atoms with van der Waals surface area (Å²) in [7, 11) is 0. The molecule has 1 heterocycles. The van der Waals surface area contributed by atoms with E-state index in [1.165, 1.54) is 12.3 Å². The Labute approximate surface area is 103 Å². The molecule has 1 atom stereocenters. The number of anilines is 1. The Kier molecular flexibility index (Phi) is 4.67. The van der Waals surface area contributed by atoms with Gasteiger partial charge in [-0.25, -0.2) is 4.98 Å². The van der Waals surface area contributed by atoms with Gasteiger partial charge in [-0.15, -0.1) is 0 Å². The predicted molar refractivity (Wildman–Crippen MR) is 66.6 cm³/mol. The molecule has 0 aromatic carbocycles. The zero-order chi connectivity index (χ0) is 12.1. The minimum absolute atomic E-state index is 0.0134. The first-order valence-corrected chi connectivity index (χ1v) is 5.90. The minimum atomic E-state index is -0.461. The number of hydrogen-bond acceptors (Lipinski definition) is 4. The van der Waals surface area contributed by atoms with Crippen molar-refractivity contribution in [3.63, 3.8) is 0 Å². The van der Waals surface area contributed by atoms with Gasteiger partial charge in [0.05, 0.1) is 9.40 Å². The molecule has 0 aliphatic heterocycles. The van der Waals surface area contributed by atoms with Gasteiger partial charge in [0.2, 0.25) is 0 Å². The molecule has 88 valence electrons. The van der Waals surface area contributed by atoms with Crippen LogP contribution in [0, 0.1) is 10.1 Å². The molecule has 0 radical (unpaired) electrons. The maximum atomic E-state index is 10.5. The van der Waals surface area contributed by atoms with E-state index in [0.717, 1.165) is 12.8 Å². The molecular weight excluding hydrogens is 274 g/mol. The fourth-order valence-corrected chi connectivity index (χ4v) is 1.82. The average molecular weight is 288 g/mol. The highest BCUT2D eigenvalue weighted by Gasteiger charge is 2.11. The fourth-order valence-electron chi connectivity index (χ4n) is 1.37. The molecule has 0 aliphatic carbocycles. The first-order valence-electron chi connectivity index (χ1n) is 5.11. The lowest BCUT2D eigenvalue weighted by atomic mass is 10.2. The smallest absolute Gasteiger partial charge is 0.288 e. The lowest BCUT2D eigenvalue weighted by Gasteiger charge is -2.14. The van der Waals surface area contributed by atoms with Crippen molar-refractivity contribution in [3.05, 3.63) is 26.9 Å². The van der Waals surface area contributed by atoms with Crippen molar-refractivity contribution in [2.45, 2.75) is 32.7 Å². The second-order valence-corrected chi connectivity index (χ2v) is 4.47. The standard InChI is InChI=1S/C10H14BrN3O2/c1-3-4-7(2)13-10-9(11)5-8(6-12-10)14(15)16/h5-7H,3-4H2,1-2H3,(H,12,13). The Morgan fingerprint density at radius 2 is 2.38 bits per heavy atom. The number of rotatable bonds is 5. The first-order chi connectivity index (χ1) is 7.54. The molecule has 0 amide bonds. The predicted octanol–water partition coefficient (Wildman–Crippen LogP) is 3.35. The highest BCUT2D eigenvalue weighted by Crippen LogP contribution is 2.25. The van der Waals surface area contributed by atoms with Crippen LogP contribution in [-0.2, 0) is 0 Å². The number of nitrogens with one attached hydrogen (secondary N) is 1. The zero-order valence-corrected chi connectivity index (χ0v) is 10.8. The number of halogens is 1. The lowest BCUT2D eigenvalue weighted by Crippen LogP contribution is -2.15. The monoisotopic (exact) mass is 287 g/mol. The van der Waals surface area contributed by atoms with Crippen LogP contribution in [0.4, 0.5) is 11.5 Å². The summed E-state index contributed by atoms with van der Waals surface area (Å²) < 4.78 is 0.615. The molecule has 1 rings (SSSR count). The van der Waals surface area contributed by atoms with Gasteiger partial charge in [0.15, 0.2) is 0 Å². The summed E-state index contributed by atoms with van der Waals surface area (Å²) in [5.74, 6) is 0.645. The molecule has 0 saturated carbocycles. The van der Waals surface area contributed by atoms with Crippen LogP contribution in [0.2, 0.25) is 0 Å². The second-order valence-electron chi connectivity index (χ2n) is 3.62. The van der Waals surface area contributed by atoms with Gasteiger partial charge in [-0.2, -0.15) is 0 Å². The maximum absolute atomic E-state index is 10.5. The van der Waals surface area contributed by atoms with E-state index < -0.39 is 4.92 Å². The van der Waals surface area contributed by atoms with Crippen LogP contribution in [0.3, 0.4) is 0 Å². The molecule has 0 saturated heterocycles. The molecular formula is C10H14BrN3O2. The quantitative estimate of drug-likeness (QED) is 0.666. The highest BCUT2D eigenvalue weighted by molar-refractivity contribution is 9.10. The third-order valence-corrected chi connectivity index (χ3v) is 2.75. The summed E-state index contributed by atoms with van der Waals surface area (Å²) in [6, 6.07) is 1.75. The van der Waals surface area contributed by atoms with Crippen molar-refractivity contribution in [2.75, 3.05) is 5.32 Å². The van der Waals surface area contributed by atoms with Crippen LogP contribution in [0.15, 0.2) is 16.7 Å². The Hall–Kier alpha value is -1.17. The van der Waals surface area contributed by atoms with Gasteiger partial charge in [0, 0.05) is 12.1 Å². The van der Waals surface area contributed by atoms with Crippen molar-refractivity contribution >= 4 is 27.4 Å². The van der Waals surface area contributed by atoms with Gasteiger partial charge in [-0.05, 0) is 29.3 Å². The van der Waals surface area contributed by atoms with Gasteiger partial charge in [-0.1, -0.05) is 13.3 Å². The molecule has 16 heavy (non-hydrogen) atoms. The Balaban J connectivity index is 2.79. The highest BCUT2D eigenvalue weighted by atomic mass is 79.9. The van der Waals surface area contributed by atoms with E-state index in [0.29, 0.717) is 16.3 Å². The van der Waals surface area contributed by atoms with Gasteiger partial charge in [0.25, 0.3) is 5.69 Å². The molecule has 1 N–H and O–H groups in total. The largest absolute Gasteiger partial charge is 0.367 e. The first kappa shape index (κ1) is 12.9. The van der Waals surface area contributed by atoms with Crippen molar-refractivity contribution < 1.29 is 4.92 Å². The van der Waals surface area contributed by atoms with E-state index in [9.17, 15) is 10.1 Å². The normalized spacial score (nSPS) is 12.2. The third-order valence-electron chi connectivity index (χ3n) is 2.14. The summed E-state index contributed by atoms with van der Waals surface area (Å²) in [5, 5.41) is 13.7. The molecule has 0 bridgehead atoms. The number of aromatic nitrogens is 1. The third kappa shape index (κ3) is 3.44. The summed E-state index contributed by atoms with van der Waals surface area (Å²) >= 11 is 3.27. The number of hydrogen-bond donors (Lipinski definition) is 1. The maximum Gasteiger partial charge on any atom is 0.288 e. The van der Waals surface area contributed by atoms with Crippen LogP contribution in [0.1, 0.15) is 26.7 Å². The van der Waals surface area contributed by atoms with E-state index in [-0.39, 0.29) is 5.69 Å². The van der Waals surface area contributed by atoms with Gasteiger partial charge < -0.3 is 5.32 Å². The van der Waals surface area contributed by atoms with E-state index in [1.54, 1.807) is 0 Å². The van der Waals surface area contributed by atoms with Crippen molar-refractivity contribution in [2.24, 2.45) is 0 Å². The van der Waals surface area contributed by atoms with Crippen LogP contribution >= 0.6 is 15.9 Å². The Morgan fingerprint density at radius 3 is 2.88 bits per heavy atom. The summed E-state index contributed by atoms with van der Waals surface area (Å²) in [4.78, 5) is 14.1. The summed E-state index contributed by atoms with van der Waals surface area (Å²) in [5.41, 5.74) is -0.0134. The van der Waals surface area contributed by atoms with Crippen molar-refractivity contribution in [1.29, 1.82) is 0 Å². The van der Waals surface area contributed by atoms with Crippen molar-refractivity contribution in [1.82, 2.24) is 4.98 Å². The molecule has 5 nitrogen and oxygen atoms in total. The second kappa shape index (κ2) is 5.79.